The standard InChI is InChI=1S/C13H21Cl2N3/c1-3-11-13(15)12(18(2)17-11)8-16-7-9-5-4-6-10(9)14/h9-10,16H,3-8H2,1-2H3. The zero-order valence-corrected chi connectivity index (χ0v) is 12.6. The van der Waals surface area contributed by atoms with Crippen molar-refractivity contribution < 1.29 is 0 Å². The molecule has 2 unspecified atom stereocenters. The summed E-state index contributed by atoms with van der Waals surface area (Å²) in [6.45, 7) is 3.81. The highest BCUT2D eigenvalue weighted by molar-refractivity contribution is 6.31. The Bertz CT molecular complexity index is 403. The van der Waals surface area contributed by atoms with Crippen LogP contribution in [0.5, 0.6) is 0 Å². The average molecular weight is 290 g/mol. The molecule has 0 aromatic carbocycles. The zero-order chi connectivity index (χ0) is 13.1. The van der Waals surface area contributed by atoms with Gasteiger partial charge in [-0.25, -0.2) is 0 Å². The number of nitrogens with zero attached hydrogens (tertiary/aromatic N) is 2. The van der Waals surface area contributed by atoms with Crippen molar-refractivity contribution in [2.45, 2.75) is 44.5 Å². The Morgan fingerprint density at radius 2 is 2.22 bits per heavy atom. The molecule has 2 rings (SSSR count). The predicted molar refractivity (Wildman–Crippen MR) is 76.3 cm³/mol. The molecule has 0 saturated heterocycles. The Kier molecular flexibility index (Phi) is 4.93. The third kappa shape index (κ3) is 3.01. The van der Waals surface area contributed by atoms with E-state index in [1.807, 2.05) is 11.7 Å². The van der Waals surface area contributed by atoms with E-state index in [1.165, 1.54) is 12.8 Å². The lowest BCUT2D eigenvalue weighted by molar-refractivity contribution is 0.486. The maximum atomic E-state index is 6.30. The third-order valence-electron chi connectivity index (χ3n) is 3.77. The van der Waals surface area contributed by atoms with Crippen molar-refractivity contribution in [3.63, 3.8) is 0 Å². The summed E-state index contributed by atoms with van der Waals surface area (Å²) in [5.74, 6) is 0.601. The quantitative estimate of drug-likeness (QED) is 0.844. The highest BCUT2D eigenvalue weighted by atomic mass is 35.5. The molecule has 0 amide bonds. The number of aromatic nitrogens is 2. The van der Waals surface area contributed by atoms with Crippen LogP contribution < -0.4 is 5.32 Å². The Morgan fingerprint density at radius 1 is 1.44 bits per heavy atom. The number of aryl methyl sites for hydroxylation is 2. The Labute approximate surface area is 119 Å². The highest BCUT2D eigenvalue weighted by Crippen LogP contribution is 2.29. The van der Waals surface area contributed by atoms with Gasteiger partial charge in [0.15, 0.2) is 0 Å². The first-order chi connectivity index (χ1) is 8.63. The summed E-state index contributed by atoms with van der Waals surface area (Å²) in [6.07, 6.45) is 4.52. The monoisotopic (exact) mass is 289 g/mol. The summed E-state index contributed by atoms with van der Waals surface area (Å²) in [6, 6.07) is 0. The van der Waals surface area contributed by atoms with Gasteiger partial charge in [0.05, 0.1) is 16.4 Å². The van der Waals surface area contributed by atoms with Gasteiger partial charge in [0, 0.05) is 19.0 Å². The summed E-state index contributed by atoms with van der Waals surface area (Å²) >= 11 is 12.6. The maximum Gasteiger partial charge on any atom is 0.0863 e. The second-order valence-corrected chi connectivity index (χ2v) is 5.96. The minimum atomic E-state index is 0.339. The van der Waals surface area contributed by atoms with Gasteiger partial charge in [-0.1, -0.05) is 24.9 Å². The van der Waals surface area contributed by atoms with Gasteiger partial charge in [-0.15, -0.1) is 11.6 Å². The number of rotatable bonds is 5. The molecule has 0 aliphatic heterocycles. The van der Waals surface area contributed by atoms with Gasteiger partial charge in [0.25, 0.3) is 0 Å². The molecule has 1 aliphatic carbocycles. The van der Waals surface area contributed by atoms with Crippen LogP contribution in [0, 0.1) is 5.92 Å². The molecule has 102 valence electrons. The minimum absolute atomic E-state index is 0.339. The van der Waals surface area contributed by atoms with E-state index in [1.54, 1.807) is 0 Å². The summed E-state index contributed by atoms with van der Waals surface area (Å²) in [4.78, 5) is 0. The largest absolute Gasteiger partial charge is 0.311 e. The van der Waals surface area contributed by atoms with E-state index in [-0.39, 0.29) is 0 Å². The van der Waals surface area contributed by atoms with Gasteiger partial charge in [-0.05, 0) is 31.7 Å². The molecule has 1 aliphatic rings. The third-order valence-corrected chi connectivity index (χ3v) is 4.78. The second-order valence-electron chi connectivity index (χ2n) is 5.02. The van der Waals surface area contributed by atoms with E-state index >= 15 is 0 Å². The van der Waals surface area contributed by atoms with Crippen molar-refractivity contribution in [2.24, 2.45) is 13.0 Å². The molecule has 1 heterocycles. The second kappa shape index (κ2) is 6.27. The Morgan fingerprint density at radius 3 is 2.78 bits per heavy atom. The van der Waals surface area contributed by atoms with Crippen molar-refractivity contribution in [1.29, 1.82) is 0 Å². The molecule has 0 radical (unpaired) electrons. The number of hydrogen-bond donors (Lipinski definition) is 1. The predicted octanol–water partition coefficient (Wildman–Crippen LogP) is 3.13. The van der Waals surface area contributed by atoms with Crippen molar-refractivity contribution >= 4 is 23.2 Å². The topological polar surface area (TPSA) is 29.9 Å². The van der Waals surface area contributed by atoms with Crippen molar-refractivity contribution in [2.75, 3.05) is 6.54 Å². The van der Waals surface area contributed by atoms with Crippen LogP contribution in [-0.2, 0) is 20.0 Å². The van der Waals surface area contributed by atoms with E-state index in [4.69, 9.17) is 23.2 Å². The van der Waals surface area contributed by atoms with Crippen LogP contribution in [0.15, 0.2) is 0 Å². The van der Waals surface area contributed by atoms with Gasteiger partial charge in [-0.2, -0.15) is 5.10 Å². The molecule has 1 aromatic rings. The van der Waals surface area contributed by atoms with E-state index < -0.39 is 0 Å². The van der Waals surface area contributed by atoms with Gasteiger partial charge >= 0.3 is 0 Å². The fourth-order valence-corrected chi connectivity index (χ4v) is 3.34. The van der Waals surface area contributed by atoms with Crippen molar-refractivity contribution in [1.82, 2.24) is 15.1 Å². The summed E-state index contributed by atoms with van der Waals surface area (Å²) < 4.78 is 1.88. The summed E-state index contributed by atoms with van der Waals surface area (Å²) in [5.41, 5.74) is 2.05. The number of alkyl halides is 1. The Hall–Kier alpha value is -0.250. The number of halogens is 2. The van der Waals surface area contributed by atoms with E-state index in [0.717, 1.165) is 42.3 Å². The van der Waals surface area contributed by atoms with Crippen molar-refractivity contribution in [3.8, 4) is 0 Å². The molecule has 0 spiro atoms. The molecular weight excluding hydrogens is 269 g/mol. The number of hydrogen-bond acceptors (Lipinski definition) is 2. The first-order valence-corrected chi connectivity index (χ1v) is 7.50. The number of nitrogens with one attached hydrogen (secondary N) is 1. The van der Waals surface area contributed by atoms with Crippen LogP contribution in [0.2, 0.25) is 5.02 Å². The van der Waals surface area contributed by atoms with Crippen LogP contribution in [0.3, 0.4) is 0 Å². The molecule has 1 N–H and O–H groups in total. The van der Waals surface area contributed by atoms with Crippen LogP contribution >= 0.6 is 23.2 Å². The fourth-order valence-electron chi connectivity index (χ4n) is 2.61. The van der Waals surface area contributed by atoms with E-state index in [9.17, 15) is 0 Å². The molecule has 18 heavy (non-hydrogen) atoms. The zero-order valence-electron chi connectivity index (χ0n) is 11.0. The minimum Gasteiger partial charge on any atom is -0.311 e. The van der Waals surface area contributed by atoms with Crippen molar-refractivity contribution in [3.05, 3.63) is 16.4 Å². The smallest absolute Gasteiger partial charge is 0.0863 e. The highest BCUT2D eigenvalue weighted by Gasteiger charge is 2.24. The molecule has 2 atom stereocenters. The molecule has 0 bridgehead atoms. The molecular formula is C13H21Cl2N3. The van der Waals surface area contributed by atoms with E-state index in [2.05, 4.69) is 17.3 Å². The van der Waals surface area contributed by atoms with Crippen LogP contribution in [0.25, 0.3) is 0 Å². The average Bonchev–Trinajstić information content (AvgIpc) is 2.87. The van der Waals surface area contributed by atoms with E-state index in [0.29, 0.717) is 11.3 Å². The fraction of sp³-hybridized carbons (Fsp3) is 0.769. The van der Waals surface area contributed by atoms with Crippen LogP contribution in [0.1, 0.15) is 37.6 Å². The lowest BCUT2D eigenvalue weighted by Gasteiger charge is -2.14. The molecule has 5 heteroatoms. The Balaban J connectivity index is 1.88. The van der Waals surface area contributed by atoms with Gasteiger partial charge in [0.2, 0.25) is 0 Å². The molecule has 1 saturated carbocycles. The maximum absolute atomic E-state index is 6.30. The lowest BCUT2D eigenvalue weighted by Crippen LogP contribution is -2.26. The molecule has 3 nitrogen and oxygen atoms in total. The first-order valence-electron chi connectivity index (χ1n) is 6.68. The molecule has 1 fully saturated rings. The SMILES string of the molecule is CCc1nn(C)c(CNCC2CCCC2Cl)c1Cl. The van der Waals surface area contributed by atoms with Gasteiger partial charge < -0.3 is 5.32 Å². The van der Waals surface area contributed by atoms with Gasteiger partial charge in [-0.3, -0.25) is 4.68 Å². The molecule has 1 aromatic heterocycles. The van der Waals surface area contributed by atoms with Crippen LogP contribution in [-0.4, -0.2) is 21.7 Å². The van der Waals surface area contributed by atoms with Gasteiger partial charge in [0.1, 0.15) is 0 Å². The van der Waals surface area contributed by atoms with Crippen LogP contribution in [0.4, 0.5) is 0 Å². The first kappa shape index (κ1) is 14.2. The summed E-state index contributed by atoms with van der Waals surface area (Å²) in [7, 11) is 1.95. The lowest BCUT2D eigenvalue weighted by atomic mass is 10.1. The summed E-state index contributed by atoms with van der Waals surface area (Å²) in [5, 5.41) is 9.02. The normalized spacial score (nSPS) is 23.8.